The van der Waals surface area contributed by atoms with Crippen LogP contribution in [-0.2, 0) is 9.59 Å². The fourth-order valence-electron chi connectivity index (χ4n) is 1.73. The van der Waals surface area contributed by atoms with Gasteiger partial charge >= 0.3 is 5.97 Å². The number of hydrogen-bond acceptors (Lipinski definition) is 2. The van der Waals surface area contributed by atoms with Gasteiger partial charge in [0.05, 0.1) is 11.1 Å². The van der Waals surface area contributed by atoms with Gasteiger partial charge in [-0.3, -0.25) is 9.59 Å². The highest BCUT2D eigenvalue weighted by molar-refractivity contribution is 9.10. The number of benzene rings is 1. The molecule has 1 aromatic rings. The number of anilines is 1. The topological polar surface area (TPSA) is 66.4 Å². The van der Waals surface area contributed by atoms with Crippen LogP contribution in [0.15, 0.2) is 16.6 Å². The van der Waals surface area contributed by atoms with Crippen molar-refractivity contribution >= 4 is 33.5 Å². The van der Waals surface area contributed by atoms with Crippen LogP contribution < -0.4 is 5.32 Å². The van der Waals surface area contributed by atoms with Crippen LogP contribution >= 0.6 is 15.9 Å². The first-order valence-electron chi connectivity index (χ1n) is 5.93. The summed E-state index contributed by atoms with van der Waals surface area (Å²) in [5, 5.41) is 11.8. The molecule has 0 aromatic heterocycles. The van der Waals surface area contributed by atoms with Gasteiger partial charge in [-0.05, 0) is 60.8 Å². The number of carboxylic acids is 1. The van der Waals surface area contributed by atoms with Gasteiger partial charge < -0.3 is 10.4 Å². The largest absolute Gasteiger partial charge is 0.481 e. The fourth-order valence-corrected chi connectivity index (χ4v) is 2.51. The molecule has 0 unspecified atom stereocenters. The Morgan fingerprint density at radius 3 is 2.37 bits per heavy atom. The van der Waals surface area contributed by atoms with Crippen molar-refractivity contribution in [2.45, 2.75) is 34.1 Å². The lowest BCUT2D eigenvalue weighted by molar-refractivity contribution is -0.148. The van der Waals surface area contributed by atoms with Crippen LogP contribution in [0.2, 0.25) is 0 Å². The summed E-state index contributed by atoms with van der Waals surface area (Å²) in [4.78, 5) is 22.9. The SMILES string of the molecule is Cc1cc(C)c(NC(=O)CC(C)(C)C(=O)O)c(Br)c1. The predicted octanol–water partition coefficient (Wildman–Crippen LogP) is 3.51. The number of amides is 1. The van der Waals surface area contributed by atoms with Crippen molar-refractivity contribution < 1.29 is 14.7 Å². The Bertz CT molecular complexity index is 500. The second-order valence-corrected chi connectivity index (χ2v) is 6.21. The zero-order valence-electron chi connectivity index (χ0n) is 11.5. The van der Waals surface area contributed by atoms with Gasteiger partial charge in [-0.2, -0.15) is 0 Å². The smallest absolute Gasteiger partial charge is 0.309 e. The Balaban J connectivity index is 2.87. The molecule has 1 amide bonds. The van der Waals surface area contributed by atoms with E-state index in [4.69, 9.17) is 5.11 Å². The van der Waals surface area contributed by atoms with Gasteiger partial charge in [0.25, 0.3) is 0 Å². The van der Waals surface area contributed by atoms with Crippen molar-refractivity contribution in [2.24, 2.45) is 5.41 Å². The summed E-state index contributed by atoms with van der Waals surface area (Å²) in [5.74, 6) is -1.29. The lowest BCUT2D eigenvalue weighted by Crippen LogP contribution is -2.29. The molecule has 0 aliphatic heterocycles. The van der Waals surface area contributed by atoms with E-state index in [9.17, 15) is 9.59 Å². The molecule has 0 fully saturated rings. The maximum atomic E-state index is 11.9. The molecule has 2 N–H and O–H groups in total. The summed E-state index contributed by atoms with van der Waals surface area (Å²) in [6.07, 6.45) is -0.0674. The van der Waals surface area contributed by atoms with Crippen molar-refractivity contribution in [1.82, 2.24) is 0 Å². The van der Waals surface area contributed by atoms with E-state index in [0.29, 0.717) is 5.69 Å². The Morgan fingerprint density at radius 1 is 1.32 bits per heavy atom. The Morgan fingerprint density at radius 2 is 1.89 bits per heavy atom. The molecule has 0 aliphatic carbocycles. The third-order valence-corrected chi connectivity index (χ3v) is 3.50. The monoisotopic (exact) mass is 327 g/mol. The first kappa shape index (κ1) is 15.7. The van der Waals surface area contributed by atoms with E-state index in [0.717, 1.165) is 15.6 Å². The first-order chi connectivity index (χ1) is 8.63. The molecule has 0 radical (unpaired) electrons. The standard InChI is InChI=1S/C14H18BrNO3/c1-8-5-9(2)12(10(15)6-8)16-11(17)7-14(3,4)13(18)19/h5-6H,7H2,1-4H3,(H,16,17)(H,18,19). The summed E-state index contributed by atoms with van der Waals surface area (Å²) in [5.41, 5.74) is 1.65. The minimum atomic E-state index is -1.07. The number of aliphatic carboxylic acids is 1. The third-order valence-electron chi connectivity index (χ3n) is 2.88. The number of aryl methyl sites for hydroxylation is 2. The molecule has 104 valence electrons. The van der Waals surface area contributed by atoms with Crippen molar-refractivity contribution in [3.63, 3.8) is 0 Å². The summed E-state index contributed by atoms with van der Waals surface area (Å²) in [7, 11) is 0. The third kappa shape index (κ3) is 4.06. The predicted molar refractivity (Wildman–Crippen MR) is 78.3 cm³/mol. The van der Waals surface area contributed by atoms with E-state index in [1.807, 2.05) is 26.0 Å². The number of carboxylic acid groups (broad SMARTS) is 1. The zero-order valence-corrected chi connectivity index (χ0v) is 13.1. The molecule has 0 aliphatic rings. The number of hydrogen-bond donors (Lipinski definition) is 2. The van der Waals surface area contributed by atoms with Crippen LogP contribution in [0.4, 0.5) is 5.69 Å². The van der Waals surface area contributed by atoms with Gasteiger partial charge in [0, 0.05) is 10.9 Å². The molecule has 0 saturated heterocycles. The summed E-state index contributed by atoms with van der Waals surface area (Å²) >= 11 is 3.40. The molecule has 1 aromatic carbocycles. The zero-order chi connectivity index (χ0) is 14.8. The average molecular weight is 328 g/mol. The normalized spacial score (nSPS) is 11.2. The highest BCUT2D eigenvalue weighted by atomic mass is 79.9. The number of carbonyl (C=O) groups is 2. The van der Waals surface area contributed by atoms with E-state index in [2.05, 4.69) is 21.2 Å². The Labute approximate surface area is 121 Å². The summed E-state index contributed by atoms with van der Waals surface area (Å²) in [6.45, 7) is 6.94. The Hall–Kier alpha value is -1.36. The van der Waals surface area contributed by atoms with Gasteiger partial charge in [-0.15, -0.1) is 0 Å². The maximum Gasteiger partial charge on any atom is 0.309 e. The highest BCUT2D eigenvalue weighted by Gasteiger charge is 2.30. The molecule has 0 bridgehead atoms. The maximum absolute atomic E-state index is 11.9. The average Bonchev–Trinajstić information content (AvgIpc) is 2.22. The minimum absolute atomic E-state index is 0.0674. The lowest BCUT2D eigenvalue weighted by Gasteiger charge is -2.19. The Kier molecular flexibility index (Phi) is 4.74. The van der Waals surface area contributed by atoms with Crippen LogP contribution in [-0.4, -0.2) is 17.0 Å². The van der Waals surface area contributed by atoms with Crippen molar-refractivity contribution in [1.29, 1.82) is 0 Å². The van der Waals surface area contributed by atoms with Crippen LogP contribution in [0.1, 0.15) is 31.4 Å². The van der Waals surface area contributed by atoms with Crippen molar-refractivity contribution in [2.75, 3.05) is 5.32 Å². The molecule has 0 heterocycles. The summed E-state index contributed by atoms with van der Waals surface area (Å²) < 4.78 is 0.798. The number of nitrogens with one attached hydrogen (secondary N) is 1. The molecule has 1 rings (SSSR count). The van der Waals surface area contributed by atoms with E-state index >= 15 is 0 Å². The van der Waals surface area contributed by atoms with Gasteiger partial charge in [-0.1, -0.05) is 6.07 Å². The second kappa shape index (κ2) is 5.74. The van der Waals surface area contributed by atoms with E-state index < -0.39 is 11.4 Å². The van der Waals surface area contributed by atoms with Crippen LogP contribution in [0, 0.1) is 19.3 Å². The molecular weight excluding hydrogens is 310 g/mol. The van der Waals surface area contributed by atoms with Gasteiger partial charge in [-0.25, -0.2) is 0 Å². The molecular formula is C14H18BrNO3. The molecule has 19 heavy (non-hydrogen) atoms. The molecule has 0 spiro atoms. The summed E-state index contributed by atoms with van der Waals surface area (Å²) in [6, 6.07) is 3.87. The molecule has 5 heteroatoms. The van der Waals surface area contributed by atoms with Crippen LogP contribution in [0.3, 0.4) is 0 Å². The van der Waals surface area contributed by atoms with Crippen LogP contribution in [0.25, 0.3) is 0 Å². The minimum Gasteiger partial charge on any atom is -0.481 e. The lowest BCUT2D eigenvalue weighted by atomic mass is 9.89. The molecule has 0 atom stereocenters. The number of halogens is 1. The van der Waals surface area contributed by atoms with Gasteiger partial charge in [0.1, 0.15) is 0 Å². The highest BCUT2D eigenvalue weighted by Crippen LogP contribution is 2.29. The van der Waals surface area contributed by atoms with Crippen LogP contribution in [0.5, 0.6) is 0 Å². The number of carbonyl (C=O) groups excluding carboxylic acids is 1. The van der Waals surface area contributed by atoms with Gasteiger partial charge in [0.15, 0.2) is 0 Å². The first-order valence-corrected chi connectivity index (χ1v) is 6.73. The van der Waals surface area contributed by atoms with E-state index in [-0.39, 0.29) is 12.3 Å². The quantitative estimate of drug-likeness (QED) is 0.889. The fraction of sp³-hybridized carbons (Fsp3) is 0.429. The van der Waals surface area contributed by atoms with E-state index in [1.165, 1.54) is 13.8 Å². The van der Waals surface area contributed by atoms with E-state index in [1.54, 1.807) is 0 Å². The van der Waals surface area contributed by atoms with Crippen molar-refractivity contribution in [3.8, 4) is 0 Å². The molecule has 4 nitrogen and oxygen atoms in total. The van der Waals surface area contributed by atoms with Gasteiger partial charge in [0.2, 0.25) is 5.91 Å². The second-order valence-electron chi connectivity index (χ2n) is 5.35. The number of rotatable bonds is 4. The van der Waals surface area contributed by atoms with Crippen molar-refractivity contribution in [3.05, 3.63) is 27.7 Å². The molecule has 0 saturated carbocycles.